The van der Waals surface area contributed by atoms with Gasteiger partial charge in [0.25, 0.3) is 5.91 Å². The normalized spacial score (nSPS) is 27.4. The van der Waals surface area contributed by atoms with Crippen molar-refractivity contribution in [1.29, 1.82) is 0 Å². The number of carbonyl (C=O) groups excluding carboxylic acids is 2. The number of nitrogens with zero attached hydrogens (tertiary/aromatic N) is 1. The van der Waals surface area contributed by atoms with Gasteiger partial charge in [-0.05, 0) is 58.8 Å². The molecule has 2 saturated heterocycles. The molecule has 0 bridgehead atoms. The molecule has 2 unspecified atom stereocenters. The Bertz CT molecular complexity index is 613. The molecule has 166 valence electrons. The van der Waals surface area contributed by atoms with Crippen LogP contribution in [0.1, 0.15) is 58.8 Å². The second-order valence-corrected chi connectivity index (χ2v) is 8.99. The summed E-state index contributed by atoms with van der Waals surface area (Å²) in [4.78, 5) is 27.5. The van der Waals surface area contributed by atoms with Crippen LogP contribution in [-0.2, 0) is 19.1 Å². The minimum absolute atomic E-state index is 0.0200. The Morgan fingerprint density at radius 3 is 2.48 bits per heavy atom. The van der Waals surface area contributed by atoms with Crippen LogP contribution in [0.4, 0.5) is 13.2 Å². The average molecular weight is 420 g/mol. The van der Waals surface area contributed by atoms with Crippen LogP contribution >= 0.6 is 0 Å². The number of halogens is 3. The molecule has 3 rings (SSSR count). The number of likely N-dealkylation sites (tertiary alicyclic amines) is 1. The molecule has 3 aliphatic rings. The highest BCUT2D eigenvalue weighted by Gasteiger charge is 2.58. The van der Waals surface area contributed by atoms with E-state index < -0.39 is 29.7 Å². The monoisotopic (exact) mass is 420 g/mol. The molecule has 3 fully saturated rings. The first kappa shape index (κ1) is 22.3. The molecule has 0 aromatic carbocycles. The first-order valence-corrected chi connectivity index (χ1v) is 10.5. The molecule has 1 aliphatic carbocycles. The maximum absolute atomic E-state index is 13.2. The SMILES string of the molecule is CC(C)(OCC(F)(F)F)C(=O)NC1CCCN(C(=O)C2(C3CCCCO3)CC2)C1. The molecular weight excluding hydrogens is 389 g/mol. The van der Waals surface area contributed by atoms with Gasteiger partial charge in [-0.1, -0.05) is 0 Å². The van der Waals surface area contributed by atoms with Gasteiger partial charge in [-0.25, -0.2) is 0 Å². The summed E-state index contributed by atoms with van der Waals surface area (Å²) in [5, 5.41) is 2.78. The summed E-state index contributed by atoms with van der Waals surface area (Å²) in [6.07, 6.45) is 1.59. The van der Waals surface area contributed by atoms with E-state index in [1.807, 2.05) is 0 Å². The van der Waals surface area contributed by atoms with Crippen LogP contribution in [0.25, 0.3) is 0 Å². The maximum Gasteiger partial charge on any atom is 0.411 e. The lowest BCUT2D eigenvalue weighted by Gasteiger charge is -2.39. The standard InChI is InChI=1S/C20H31F3N2O4/c1-18(2,29-13-20(21,22)23)16(26)24-14-6-5-10-25(12-14)17(27)19(8-9-19)15-7-3-4-11-28-15/h14-15H,3-13H2,1-2H3,(H,24,26). The Hall–Kier alpha value is -1.35. The van der Waals surface area contributed by atoms with E-state index in [1.165, 1.54) is 13.8 Å². The van der Waals surface area contributed by atoms with E-state index in [-0.39, 0.29) is 18.1 Å². The predicted octanol–water partition coefficient (Wildman–Crippen LogP) is 2.80. The Morgan fingerprint density at radius 2 is 1.90 bits per heavy atom. The summed E-state index contributed by atoms with van der Waals surface area (Å²) in [6.45, 7) is 2.86. The molecule has 0 aromatic rings. The van der Waals surface area contributed by atoms with Crippen molar-refractivity contribution in [2.75, 3.05) is 26.3 Å². The topological polar surface area (TPSA) is 67.9 Å². The number of hydrogen-bond donors (Lipinski definition) is 1. The van der Waals surface area contributed by atoms with Crippen molar-refractivity contribution >= 4 is 11.8 Å². The van der Waals surface area contributed by atoms with Crippen LogP contribution in [0.3, 0.4) is 0 Å². The Labute approximate surface area is 169 Å². The zero-order chi connectivity index (χ0) is 21.3. The fourth-order valence-corrected chi connectivity index (χ4v) is 4.27. The van der Waals surface area contributed by atoms with Gasteiger partial charge >= 0.3 is 6.18 Å². The number of ether oxygens (including phenoxy) is 2. The van der Waals surface area contributed by atoms with E-state index in [9.17, 15) is 22.8 Å². The van der Waals surface area contributed by atoms with Crippen LogP contribution in [0.2, 0.25) is 0 Å². The lowest BCUT2D eigenvalue weighted by atomic mass is 9.90. The summed E-state index contributed by atoms with van der Waals surface area (Å²) >= 11 is 0. The van der Waals surface area contributed by atoms with Crippen LogP contribution in [0.5, 0.6) is 0 Å². The number of amides is 2. The van der Waals surface area contributed by atoms with E-state index in [0.717, 1.165) is 38.5 Å². The van der Waals surface area contributed by atoms with Crippen molar-refractivity contribution in [1.82, 2.24) is 10.2 Å². The zero-order valence-electron chi connectivity index (χ0n) is 17.1. The summed E-state index contributed by atoms with van der Waals surface area (Å²) in [7, 11) is 0. The lowest BCUT2D eigenvalue weighted by Crippen LogP contribution is -2.56. The van der Waals surface area contributed by atoms with Gasteiger partial charge in [-0.2, -0.15) is 13.2 Å². The second kappa shape index (κ2) is 8.41. The van der Waals surface area contributed by atoms with E-state index in [2.05, 4.69) is 5.32 Å². The van der Waals surface area contributed by atoms with Crippen molar-refractivity contribution in [3.8, 4) is 0 Å². The molecule has 0 aromatic heterocycles. The average Bonchev–Trinajstić information content (AvgIpc) is 3.48. The number of hydrogen-bond acceptors (Lipinski definition) is 4. The smallest absolute Gasteiger partial charge is 0.377 e. The minimum Gasteiger partial charge on any atom is -0.377 e. The van der Waals surface area contributed by atoms with Crippen molar-refractivity contribution in [2.45, 2.75) is 82.7 Å². The molecule has 29 heavy (non-hydrogen) atoms. The molecule has 0 spiro atoms. The van der Waals surface area contributed by atoms with Crippen LogP contribution in [-0.4, -0.2) is 66.9 Å². The first-order chi connectivity index (χ1) is 13.5. The third kappa shape index (κ3) is 5.42. The molecule has 2 amide bonds. The fraction of sp³-hybridized carbons (Fsp3) is 0.900. The van der Waals surface area contributed by atoms with E-state index in [1.54, 1.807) is 4.90 Å². The van der Waals surface area contributed by atoms with Gasteiger partial charge in [0.2, 0.25) is 5.91 Å². The number of piperidine rings is 1. The molecule has 2 atom stereocenters. The lowest BCUT2D eigenvalue weighted by molar-refractivity contribution is -0.201. The maximum atomic E-state index is 13.2. The highest BCUT2D eigenvalue weighted by molar-refractivity contribution is 5.87. The molecule has 2 aliphatic heterocycles. The van der Waals surface area contributed by atoms with E-state index >= 15 is 0 Å². The van der Waals surface area contributed by atoms with Gasteiger partial charge in [0.1, 0.15) is 12.2 Å². The van der Waals surface area contributed by atoms with Crippen LogP contribution < -0.4 is 5.32 Å². The molecule has 6 nitrogen and oxygen atoms in total. The highest BCUT2D eigenvalue weighted by atomic mass is 19.4. The van der Waals surface area contributed by atoms with E-state index in [4.69, 9.17) is 9.47 Å². The molecule has 9 heteroatoms. The quantitative estimate of drug-likeness (QED) is 0.718. The molecule has 0 radical (unpaired) electrons. The predicted molar refractivity (Wildman–Crippen MR) is 99.1 cm³/mol. The number of nitrogens with one attached hydrogen (secondary N) is 1. The minimum atomic E-state index is -4.49. The number of rotatable bonds is 6. The van der Waals surface area contributed by atoms with Gasteiger partial charge in [-0.15, -0.1) is 0 Å². The van der Waals surface area contributed by atoms with Crippen molar-refractivity contribution in [3.63, 3.8) is 0 Å². The molecule has 2 heterocycles. The van der Waals surface area contributed by atoms with E-state index in [0.29, 0.717) is 26.1 Å². The van der Waals surface area contributed by atoms with Crippen molar-refractivity contribution in [2.24, 2.45) is 5.41 Å². The third-order valence-corrected chi connectivity index (χ3v) is 6.20. The number of alkyl halides is 3. The summed E-state index contributed by atoms with van der Waals surface area (Å²) in [6, 6.07) is -0.294. The fourth-order valence-electron chi connectivity index (χ4n) is 4.27. The molecule has 1 N–H and O–H groups in total. The highest BCUT2D eigenvalue weighted by Crippen LogP contribution is 2.53. The summed E-state index contributed by atoms with van der Waals surface area (Å²) in [5.74, 6) is -0.506. The third-order valence-electron chi connectivity index (χ3n) is 6.20. The zero-order valence-corrected chi connectivity index (χ0v) is 17.1. The number of carbonyl (C=O) groups is 2. The van der Waals surface area contributed by atoms with Crippen molar-refractivity contribution in [3.05, 3.63) is 0 Å². The first-order valence-electron chi connectivity index (χ1n) is 10.5. The molecular formula is C20H31F3N2O4. The van der Waals surface area contributed by atoms with Gasteiger partial charge < -0.3 is 19.7 Å². The van der Waals surface area contributed by atoms with Gasteiger partial charge in [0, 0.05) is 25.7 Å². The Kier molecular flexibility index (Phi) is 6.48. The van der Waals surface area contributed by atoms with Crippen molar-refractivity contribution < 1.29 is 32.2 Å². The molecule has 1 saturated carbocycles. The van der Waals surface area contributed by atoms with Crippen LogP contribution in [0, 0.1) is 5.41 Å². The van der Waals surface area contributed by atoms with Gasteiger partial charge in [0.05, 0.1) is 11.5 Å². The summed E-state index contributed by atoms with van der Waals surface area (Å²) in [5.41, 5.74) is -2.02. The Balaban J connectivity index is 1.55. The van der Waals surface area contributed by atoms with Gasteiger partial charge in [-0.3, -0.25) is 9.59 Å². The largest absolute Gasteiger partial charge is 0.411 e. The Morgan fingerprint density at radius 1 is 1.17 bits per heavy atom. The summed E-state index contributed by atoms with van der Waals surface area (Å²) < 4.78 is 47.9. The van der Waals surface area contributed by atoms with Gasteiger partial charge in [0.15, 0.2) is 0 Å². The van der Waals surface area contributed by atoms with Crippen LogP contribution in [0.15, 0.2) is 0 Å². The second-order valence-electron chi connectivity index (χ2n) is 8.99.